The van der Waals surface area contributed by atoms with Gasteiger partial charge in [-0.3, -0.25) is 19.4 Å². The summed E-state index contributed by atoms with van der Waals surface area (Å²) in [5.74, 6) is 2.60. The Morgan fingerprint density at radius 1 is 0.634 bits per heavy atom. The molecule has 6 aromatic carbocycles. The lowest BCUT2D eigenvalue weighted by Gasteiger charge is -2.15. The number of carbonyl (C=O) groups excluding carboxylic acids is 2. The second kappa shape index (κ2) is 21.9. The van der Waals surface area contributed by atoms with Crippen LogP contribution in [0.3, 0.4) is 0 Å². The molecule has 0 bridgehead atoms. The van der Waals surface area contributed by atoms with E-state index in [0.29, 0.717) is 33.6 Å². The molecule has 2 aliphatic heterocycles. The van der Waals surface area contributed by atoms with Crippen LogP contribution in [-0.4, -0.2) is 84.1 Å². The molecule has 0 saturated carbocycles. The lowest BCUT2D eigenvalue weighted by Crippen LogP contribution is -2.25. The maximum atomic E-state index is 13.9. The number of likely N-dealkylation sites (tertiary alicyclic amines) is 2. The van der Waals surface area contributed by atoms with Crippen LogP contribution in [-0.2, 0) is 0 Å². The molecule has 71 heavy (non-hydrogen) atoms. The fourth-order valence-electron chi connectivity index (χ4n) is 9.72. The van der Waals surface area contributed by atoms with E-state index in [0.717, 1.165) is 122 Å². The smallest absolute Gasteiger partial charge is 0.205 e. The second-order valence-corrected chi connectivity index (χ2v) is 21.8. The van der Waals surface area contributed by atoms with Crippen molar-refractivity contribution in [2.45, 2.75) is 40.5 Å². The van der Waals surface area contributed by atoms with E-state index in [4.69, 9.17) is 32.7 Å². The molecule has 8 nitrogen and oxygen atoms in total. The van der Waals surface area contributed by atoms with Gasteiger partial charge >= 0.3 is 0 Å². The molecule has 2 N–H and O–H groups in total. The van der Waals surface area contributed by atoms with E-state index in [1.807, 2.05) is 80.6 Å². The van der Waals surface area contributed by atoms with Crippen LogP contribution in [0.1, 0.15) is 68.3 Å². The van der Waals surface area contributed by atoms with Gasteiger partial charge in [-0.2, -0.15) is 0 Å². The van der Waals surface area contributed by atoms with Crippen molar-refractivity contribution in [3.05, 3.63) is 163 Å². The Labute approximate surface area is 431 Å². The number of carbonyl (C=O) groups is 2. The van der Waals surface area contributed by atoms with Crippen LogP contribution in [0.15, 0.2) is 115 Å². The number of hydrogen-bond acceptors (Lipinski definition) is 10. The van der Waals surface area contributed by atoms with E-state index in [2.05, 4.69) is 23.6 Å². The van der Waals surface area contributed by atoms with E-state index >= 15 is 0 Å². The van der Waals surface area contributed by atoms with Gasteiger partial charge in [0.2, 0.25) is 11.6 Å². The third kappa shape index (κ3) is 11.5. The molecule has 2 aromatic heterocycles. The number of halogens is 3. The van der Waals surface area contributed by atoms with Crippen LogP contribution >= 0.6 is 45.9 Å². The number of rotatable bonds is 14. The maximum Gasteiger partial charge on any atom is 0.205 e. The Kier molecular flexibility index (Phi) is 15.5. The molecular formula is C58H55Cl2FN2O6S2. The van der Waals surface area contributed by atoms with Gasteiger partial charge in [0.15, 0.2) is 0 Å². The van der Waals surface area contributed by atoms with Crippen molar-refractivity contribution in [1.82, 2.24) is 9.80 Å². The van der Waals surface area contributed by atoms with Gasteiger partial charge in [0.1, 0.15) is 42.0 Å². The summed E-state index contributed by atoms with van der Waals surface area (Å²) >= 11 is 15.1. The van der Waals surface area contributed by atoms with E-state index in [-0.39, 0.29) is 33.7 Å². The minimum atomic E-state index is -0.497. The van der Waals surface area contributed by atoms with Crippen LogP contribution in [0.2, 0.25) is 10.0 Å². The van der Waals surface area contributed by atoms with Gasteiger partial charge in [0.25, 0.3) is 0 Å². The zero-order valence-corrected chi connectivity index (χ0v) is 43.2. The molecule has 10 rings (SSSR count). The molecule has 4 heterocycles. The van der Waals surface area contributed by atoms with Crippen molar-refractivity contribution in [1.29, 1.82) is 0 Å². The molecule has 2 unspecified atom stereocenters. The van der Waals surface area contributed by atoms with Crippen LogP contribution in [0.4, 0.5) is 4.39 Å². The number of ketones is 2. The lowest BCUT2D eigenvalue weighted by atomic mass is 9.94. The number of phenols is 2. The number of aryl methyl sites for hydroxylation is 2. The summed E-state index contributed by atoms with van der Waals surface area (Å²) in [5.41, 5.74) is 6.05. The van der Waals surface area contributed by atoms with Crippen molar-refractivity contribution in [2.75, 3.05) is 52.5 Å². The first-order chi connectivity index (χ1) is 34.2. The highest BCUT2D eigenvalue weighted by molar-refractivity contribution is 7.22. The topological polar surface area (TPSA) is 99.5 Å². The molecule has 2 aliphatic rings. The zero-order chi connectivity index (χ0) is 49.9. The van der Waals surface area contributed by atoms with Crippen molar-refractivity contribution >= 4 is 77.6 Å². The number of nitrogens with zero attached hydrogens (tertiary/aromatic N) is 2. The summed E-state index contributed by atoms with van der Waals surface area (Å²) in [6.45, 7) is 16.1. The van der Waals surface area contributed by atoms with Gasteiger partial charge in [0.05, 0.1) is 14.8 Å². The third-order valence-electron chi connectivity index (χ3n) is 13.3. The number of ether oxygens (including phenoxy) is 2. The number of hydrogen-bond donors (Lipinski definition) is 2. The molecule has 0 spiro atoms. The van der Waals surface area contributed by atoms with Gasteiger partial charge in [-0.1, -0.05) is 61.3 Å². The molecule has 0 amide bonds. The van der Waals surface area contributed by atoms with E-state index < -0.39 is 5.82 Å². The van der Waals surface area contributed by atoms with Gasteiger partial charge in [-0.25, -0.2) is 4.39 Å². The molecule has 2 fully saturated rings. The quantitative estimate of drug-likeness (QED) is 0.104. The summed E-state index contributed by atoms with van der Waals surface area (Å²) in [6, 6.07) is 33.4. The number of thiophene rings is 2. The molecule has 366 valence electrons. The highest BCUT2D eigenvalue weighted by Gasteiger charge is 2.26. The molecule has 13 heteroatoms. The van der Waals surface area contributed by atoms with E-state index in [1.165, 1.54) is 47.6 Å². The largest absolute Gasteiger partial charge is 0.508 e. The first-order valence-corrected chi connectivity index (χ1v) is 26.3. The van der Waals surface area contributed by atoms with Gasteiger partial charge in [0, 0.05) is 73.6 Å². The maximum absolute atomic E-state index is 13.9. The minimum absolute atomic E-state index is 0.0301. The van der Waals surface area contributed by atoms with Gasteiger partial charge < -0.3 is 19.7 Å². The zero-order valence-electron chi connectivity index (χ0n) is 40.1. The SMILES string of the molecule is CC1CCN(CCOc2ccc(-c3c(C(=O)c4ccc(F)cc4Cl)sc4cc(O)ccc34)cc2)C1.Cc1cc(Cl)cc(C)c1C(=O)c1sc2cc(O)ccc2c1-c1ccc(OCCN2CCC(C)C2)cc1. The van der Waals surface area contributed by atoms with E-state index in [1.54, 1.807) is 30.3 Å². The summed E-state index contributed by atoms with van der Waals surface area (Å²) < 4.78 is 27.2. The monoisotopic (exact) mass is 1030 g/mol. The normalized spacial score (nSPS) is 16.1. The highest BCUT2D eigenvalue weighted by Crippen LogP contribution is 2.44. The number of aromatic hydroxyl groups is 2. The Morgan fingerprint density at radius 2 is 1.10 bits per heavy atom. The molecule has 2 saturated heterocycles. The summed E-state index contributed by atoms with van der Waals surface area (Å²) in [7, 11) is 0. The second-order valence-electron chi connectivity index (χ2n) is 18.8. The highest BCUT2D eigenvalue weighted by atomic mass is 35.5. The third-order valence-corrected chi connectivity index (χ3v) is 16.1. The van der Waals surface area contributed by atoms with Crippen molar-refractivity contribution < 1.29 is 33.7 Å². The predicted octanol–water partition coefficient (Wildman–Crippen LogP) is 14.5. The Morgan fingerprint density at radius 3 is 1.54 bits per heavy atom. The van der Waals surface area contributed by atoms with Crippen molar-refractivity contribution in [3.63, 3.8) is 0 Å². The van der Waals surface area contributed by atoms with E-state index in [9.17, 15) is 24.2 Å². The van der Waals surface area contributed by atoms with Crippen LogP contribution < -0.4 is 9.47 Å². The van der Waals surface area contributed by atoms with Gasteiger partial charge in [-0.15, -0.1) is 22.7 Å². The van der Waals surface area contributed by atoms with Crippen molar-refractivity contribution in [3.8, 4) is 45.3 Å². The average Bonchev–Trinajstić information content (AvgIpc) is 4.14. The average molecular weight is 1030 g/mol. The molecule has 8 aromatic rings. The Bertz CT molecular complexity index is 3220. The first-order valence-electron chi connectivity index (χ1n) is 23.9. The fourth-order valence-corrected chi connectivity index (χ4v) is 12.7. The molecule has 2 atom stereocenters. The summed E-state index contributed by atoms with van der Waals surface area (Å²) in [5, 5.41) is 22.5. The molecule has 0 radical (unpaired) electrons. The van der Waals surface area contributed by atoms with Crippen molar-refractivity contribution in [2.24, 2.45) is 11.8 Å². The molecular weight excluding hydrogens is 975 g/mol. The fraction of sp³-hybridized carbons (Fsp3) is 0.276. The molecule has 0 aliphatic carbocycles. The predicted molar refractivity (Wildman–Crippen MR) is 288 cm³/mol. The number of fused-ring (bicyclic) bond motifs is 2. The number of phenolic OH excluding ortho intramolecular Hbond substituents is 2. The lowest BCUT2D eigenvalue weighted by molar-refractivity contribution is 0.103. The first kappa shape index (κ1) is 50.2. The summed E-state index contributed by atoms with van der Waals surface area (Å²) in [6.07, 6.45) is 2.50. The Hall–Kier alpha value is -5.79. The minimum Gasteiger partial charge on any atom is -0.508 e. The summed E-state index contributed by atoms with van der Waals surface area (Å²) in [4.78, 5) is 33.4. The Balaban J connectivity index is 0.000000176. The standard InChI is InChI=1S/C30H30ClNO3S.C28H25ClFNO3S/c1-18-10-11-32(17-18)12-13-35-24-7-4-21(5-8-24)28-25-9-6-23(33)16-26(25)36-30(28)29(34)27-19(2)14-22(31)15-20(27)3;1-17-10-11-31(16-17)12-13-34-21-6-2-18(3-7-21)26-23-9-5-20(32)15-25(23)35-28(26)27(33)22-8-4-19(30)14-24(22)29/h4-9,14-16,18,33H,10-13,17H2,1-3H3;2-9,14-15,17,32H,10-13,16H2,1H3. The van der Waals surface area contributed by atoms with Crippen LogP contribution in [0, 0.1) is 31.5 Å². The number of benzene rings is 6. The van der Waals surface area contributed by atoms with Crippen LogP contribution in [0.5, 0.6) is 23.0 Å². The van der Waals surface area contributed by atoms with Gasteiger partial charge in [-0.05, 0) is 165 Å². The van der Waals surface area contributed by atoms with Crippen LogP contribution in [0.25, 0.3) is 42.4 Å².